The topological polar surface area (TPSA) is 38.5 Å². The average molecular weight is 260 g/mol. The van der Waals surface area contributed by atoms with E-state index in [4.69, 9.17) is 10.5 Å². The van der Waals surface area contributed by atoms with Crippen LogP contribution in [0.15, 0.2) is 24.3 Å². The van der Waals surface area contributed by atoms with Crippen LogP contribution in [0.1, 0.15) is 37.8 Å². The maximum absolute atomic E-state index is 6.31. The van der Waals surface area contributed by atoms with Crippen molar-refractivity contribution in [2.45, 2.75) is 44.3 Å². The van der Waals surface area contributed by atoms with E-state index < -0.39 is 0 Å². The monoisotopic (exact) mass is 260 g/mol. The van der Waals surface area contributed by atoms with Gasteiger partial charge in [-0.05, 0) is 38.2 Å². The van der Waals surface area contributed by atoms with Crippen molar-refractivity contribution in [1.29, 1.82) is 0 Å². The number of nitrogens with two attached hydrogens (primary N) is 1. The van der Waals surface area contributed by atoms with Gasteiger partial charge in [0.2, 0.25) is 0 Å². The first kappa shape index (κ1) is 12.9. The van der Waals surface area contributed by atoms with E-state index >= 15 is 0 Å². The largest absolute Gasteiger partial charge is 0.496 e. The van der Waals surface area contributed by atoms with E-state index in [1.54, 1.807) is 7.11 Å². The summed E-state index contributed by atoms with van der Waals surface area (Å²) in [5, 5.41) is 0. The number of hydrogen-bond donors (Lipinski definition) is 1. The van der Waals surface area contributed by atoms with E-state index in [1.807, 2.05) is 12.1 Å². The molecule has 2 aliphatic rings. The maximum atomic E-state index is 6.31. The van der Waals surface area contributed by atoms with E-state index in [-0.39, 0.29) is 12.1 Å². The Kier molecular flexibility index (Phi) is 3.50. The fraction of sp³-hybridized carbons (Fsp3) is 0.625. The number of ether oxygens (including phenoxy) is 1. The number of para-hydroxylation sites is 1. The van der Waals surface area contributed by atoms with Crippen molar-refractivity contribution in [3.05, 3.63) is 29.8 Å². The summed E-state index contributed by atoms with van der Waals surface area (Å²) < 4.78 is 5.53. The molecule has 2 fully saturated rings. The Morgan fingerprint density at radius 3 is 2.68 bits per heavy atom. The number of nitrogens with zero attached hydrogens (tertiary/aromatic N) is 1. The van der Waals surface area contributed by atoms with Crippen LogP contribution in [0.5, 0.6) is 5.75 Å². The molecule has 2 bridgehead atoms. The molecule has 4 unspecified atom stereocenters. The van der Waals surface area contributed by atoms with Crippen molar-refractivity contribution in [3.8, 4) is 5.75 Å². The van der Waals surface area contributed by atoms with Gasteiger partial charge >= 0.3 is 0 Å². The summed E-state index contributed by atoms with van der Waals surface area (Å²) in [5.74, 6) is 1.86. The molecule has 1 aromatic carbocycles. The van der Waals surface area contributed by atoms with Crippen LogP contribution in [0.2, 0.25) is 0 Å². The second kappa shape index (κ2) is 5.14. The summed E-state index contributed by atoms with van der Waals surface area (Å²) in [6, 6.07) is 9.45. The first-order valence-corrected chi connectivity index (χ1v) is 7.35. The Bertz CT molecular complexity index is 446. The summed E-state index contributed by atoms with van der Waals surface area (Å²) >= 11 is 0. The lowest BCUT2D eigenvalue weighted by Gasteiger charge is -2.38. The zero-order valence-electron chi connectivity index (χ0n) is 11.9. The number of rotatable bonds is 4. The SMILES string of the molecule is COc1ccccc1C(C(C)N)N1CC2CCC1C2. The van der Waals surface area contributed by atoms with E-state index in [0.29, 0.717) is 0 Å². The molecular formula is C16H24N2O. The lowest BCUT2D eigenvalue weighted by atomic mass is 9.96. The Hall–Kier alpha value is -1.06. The predicted molar refractivity (Wildman–Crippen MR) is 77.2 cm³/mol. The second-order valence-corrected chi connectivity index (χ2v) is 6.08. The molecule has 104 valence electrons. The van der Waals surface area contributed by atoms with Crippen molar-refractivity contribution < 1.29 is 4.74 Å². The Morgan fingerprint density at radius 2 is 2.11 bits per heavy atom. The normalized spacial score (nSPS) is 29.4. The average Bonchev–Trinajstić information content (AvgIpc) is 3.02. The first-order chi connectivity index (χ1) is 9.20. The van der Waals surface area contributed by atoms with Crippen LogP contribution in [-0.2, 0) is 0 Å². The summed E-state index contributed by atoms with van der Waals surface area (Å²) in [4.78, 5) is 2.62. The van der Waals surface area contributed by atoms with Gasteiger partial charge in [-0.3, -0.25) is 4.90 Å². The quantitative estimate of drug-likeness (QED) is 0.904. The summed E-state index contributed by atoms with van der Waals surface area (Å²) in [6.45, 7) is 3.32. The number of piperidine rings is 1. The van der Waals surface area contributed by atoms with E-state index in [1.165, 1.54) is 31.4 Å². The van der Waals surface area contributed by atoms with Gasteiger partial charge in [-0.15, -0.1) is 0 Å². The van der Waals surface area contributed by atoms with Crippen LogP contribution in [0.25, 0.3) is 0 Å². The molecule has 0 aromatic heterocycles. The number of benzene rings is 1. The molecule has 3 nitrogen and oxygen atoms in total. The first-order valence-electron chi connectivity index (χ1n) is 7.35. The van der Waals surface area contributed by atoms with Crippen LogP contribution < -0.4 is 10.5 Å². The number of fused-ring (bicyclic) bond motifs is 2. The lowest BCUT2D eigenvalue weighted by molar-refractivity contribution is 0.130. The number of methoxy groups -OCH3 is 1. The van der Waals surface area contributed by atoms with Gasteiger partial charge in [0, 0.05) is 24.2 Å². The smallest absolute Gasteiger partial charge is 0.123 e. The minimum atomic E-state index is 0.121. The molecule has 1 heterocycles. The zero-order valence-corrected chi connectivity index (χ0v) is 11.9. The van der Waals surface area contributed by atoms with Gasteiger partial charge < -0.3 is 10.5 Å². The third-order valence-electron chi connectivity index (χ3n) is 4.76. The molecule has 3 rings (SSSR count). The fourth-order valence-corrected chi connectivity index (χ4v) is 3.98. The van der Waals surface area contributed by atoms with Gasteiger partial charge in [0.25, 0.3) is 0 Å². The highest BCUT2D eigenvalue weighted by Gasteiger charge is 2.42. The van der Waals surface area contributed by atoms with Crippen LogP contribution >= 0.6 is 0 Å². The molecule has 1 aliphatic carbocycles. The van der Waals surface area contributed by atoms with Gasteiger partial charge in [0.1, 0.15) is 5.75 Å². The van der Waals surface area contributed by atoms with Crippen LogP contribution in [0, 0.1) is 5.92 Å². The Labute approximate surface area is 115 Å². The van der Waals surface area contributed by atoms with E-state index in [0.717, 1.165) is 17.7 Å². The molecular weight excluding hydrogens is 236 g/mol. The molecule has 19 heavy (non-hydrogen) atoms. The fourth-order valence-electron chi connectivity index (χ4n) is 3.98. The second-order valence-electron chi connectivity index (χ2n) is 6.08. The molecule has 1 saturated carbocycles. The third-order valence-corrected chi connectivity index (χ3v) is 4.76. The Morgan fingerprint density at radius 1 is 1.32 bits per heavy atom. The van der Waals surface area contributed by atoms with Crippen LogP contribution in [0.4, 0.5) is 0 Å². The van der Waals surface area contributed by atoms with Crippen molar-refractivity contribution in [2.24, 2.45) is 11.7 Å². The minimum Gasteiger partial charge on any atom is -0.496 e. The van der Waals surface area contributed by atoms with Gasteiger partial charge in [-0.2, -0.15) is 0 Å². The van der Waals surface area contributed by atoms with Gasteiger partial charge in [0.05, 0.1) is 13.2 Å². The minimum absolute atomic E-state index is 0.121. The highest BCUT2D eigenvalue weighted by Crippen LogP contribution is 2.44. The molecule has 1 saturated heterocycles. The van der Waals surface area contributed by atoms with Gasteiger partial charge in [0.15, 0.2) is 0 Å². The van der Waals surface area contributed by atoms with Crippen molar-refractivity contribution in [2.75, 3.05) is 13.7 Å². The van der Waals surface area contributed by atoms with E-state index in [2.05, 4.69) is 24.0 Å². The maximum Gasteiger partial charge on any atom is 0.123 e. The number of likely N-dealkylation sites (tertiary alicyclic amines) is 1. The summed E-state index contributed by atoms with van der Waals surface area (Å²) in [5.41, 5.74) is 7.55. The summed E-state index contributed by atoms with van der Waals surface area (Å²) in [6.07, 6.45) is 4.10. The van der Waals surface area contributed by atoms with Crippen molar-refractivity contribution in [3.63, 3.8) is 0 Å². The van der Waals surface area contributed by atoms with Crippen LogP contribution in [0.3, 0.4) is 0 Å². The summed E-state index contributed by atoms with van der Waals surface area (Å²) in [7, 11) is 1.74. The third kappa shape index (κ3) is 2.26. The molecule has 2 N–H and O–H groups in total. The van der Waals surface area contributed by atoms with Crippen LogP contribution in [-0.4, -0.2) is 30.6 Å². The molecule has 4 atom stereocenters. The Balaban J connectivity index is 1.93. The highest BCUT2D eigenvalue weighted by atomic mass is 16.5. The molecule has 0 spiro atoms. The van der Waals surface area contributed by atoms with Gasteiger partial charge in [-0.1, -0.05) is 18.2 Å². The molecule has 0 amide bonds. The molecule has 1 aromatic rings. The predicted octanol–water partition coefficient (Wildman–Crippen LogP) is 2.57. The zero-order chi connectivity index (χ0) is 13.4. The van der Waals surface area contributed by atoms with Crippen molar-refractivity contribution in [1.82, 2.24) is 4.90 Å². The highest BCUT2D eigenvalue weighted by molar-refractivity contribution is 5.37. The molecule has 0 radical (unpaired) electrons. The number of hydrogen-bond acceptors (Lipinski definition) is 3. The van der Waals surface area contributed by atoms with Gasteiger partial charge in [-0.25, -0.2) is 0 Å². The van der Waals surface area contributed by atoms with Crippen molar-refractivity contribution >= 4 is 0 Å². The standard InChI is InChI=1S/C16H24N2O/c1-11(17)16(14-5-3-4-6-15(14)19-2)18-10-12-7-8-13(18)9-12/h3-6,11-13,16H,7-10,17H2,1-2H3. The lowest BCUT2D eigenvalue weighted by Crippen LogP contribution is -2.43. The van der Waals surface area contributed by atoms with E-state index in [9.17, 15) is 0 Å². The molecule has 1 aliphatic heterocycles. The molecule has 3 heteroatoms.